The molecule has 0 aliphatic carbocycles. The zero-order chi connectivity index (χ0) is 14.8. The topological polar surface area (TPSA) is 95.9 Å². The molecule has 0 aromatic rings. The molecule has 0 saturated carbocycles. The van der Waals surface area contributed by atoms with Gasteiger partial charge >= 0.3 is 0 Å². The third kappa shape index (κ3) is 2.99. The quantitative estimate of drug-likeness (QED) is 0.399. The Labute approximate surface area is 111 Å². The van der Waals surface area contributed by atoms with Crippen LogP contribution in [0.25, 0.3) is 0 Å². The van der Waals surface area contributed by atoms with Crippen LogP contribution in [0.15, 0.2) is 12.2 Å². The summed E-state index contributed by atoms with van der Waals surface area (Å²) in [4.78, 5) is 36.1. The highest BCUT2D eigenvalue weighted by molar-refractivity contribution is 6.15. The zero-order valence-electron chi connectivity index (χ0n) is 11.2. The molecular weight excluding hydrogens is 252 g/mol. The molecule has 0 aromatic carbocycles. The molecule has 1 fully saturated rings. The number of nitrogens with zero attached hydrogens (tertiary/aromatic N) is 1. The standard InChI is InChI=1S/C12H18N2O5/c1-5-12(18,19-4)13-10(16)8(3)14-9(15)6-7(2)11(14)17/h8,18H,2,5-6H2,1,3-4H3,(H,13,16). The number of carbonyl (C=O) groups is 3. The van der Waals surface area contributed by atoms with Crippen LogP contribution in [0.3, 0.4) is 0 Å². The van der Waals surface area contributed by atoms with Gasteiger partial charge in [-0.25, -0.2) is 0 Å². The Balaban J connectivity index is 2.81. The Bertz CT molecular complexity index is 428. The van der Waals surface area contributed by atoms with Crippen molar-refractivity contribution in [2.24, 2.45) is 0 Å². The Morgan fingerprint density at radius 3 is 2.58 bits per heavy atom. The fourth-order valence-electron chi connectivity index (χ4n) is 1.72. The van der Waals surface area contributed by atoms with Crippen molar-refractivity contribution in [3.05, 3.63) is 12.2 Å². The maximum atomic E-state index is 11.9. The van der Waals surface area contributed by atoms with Crippen LogP contribution < -0.4 is 5.32 Å². The molecule has 2 unspecified atom stereocenters. The number of hydrogen-bond acceptors (Lipinski definition) is 5. The van der Waals surface area contributed by atoms with E-state index in [9.17, 15) is 19.5 Å². The number of hydrogen-bond donors (Lipinski definition) is 2. The average molecular weight is 270 g/mol. The summed E-state index contributed by atoms with van der Waals surface area (Å²) in [5, 5.41) is 12.1. The van der Waals surface area contributed by atoms with E-state index in [0.29, 0.717) is 0 Å². The molecular formula is C12H18N2O5. The molecule has 2 N–H and O–H groups in total. The number of ether oxygens (including phenoxy) is 1. The minimum absolute atomic E-state index is 0.0845. The first-order valence-corrected chi connectivity index (χ1v) is 5.89. The van der Waals surface area contributed by atoms with Gasteiger partial charge in [0.25, 0.3) is 5.91 Å². The summed E-state index contributed by atoms with van der Waals surface area (Å²) < 4.78 is 4.76. The molecule has 7 heteroatoms. The van der Waals surface area contributed by atoms with Crippen LogP contribution in [0.2, 0.25) is 0 Å². The Kier molecular flexibility index (Phi) is 4.43. The number of aliphatic hydroxyl groups is 1. The van der Waals surface area contributed by atoms with E-state index in [1.54, 1.807) is 6.92 Å². The van der Waals surface area contributed by atoms with Crippen LogP contribution in [-0.2, 0) is 19.1 Å². The predicted molar refractivity (Wildman–Crippen MR) is 65.5 cm³/mol. The van der Waals surface area contributed by atoms with Crippen LogP contribution in [-0.4, -0.2) is 46.8 Å². The van der Waals surface area contributed by atoms with Crippen molar-refractivity contribution in [3.8, 4) is 0 Å². The molecule has 19 heavy (non-hydrogen) atoms. The van der Waals surface area contributed by atoms with Crippen LogP contribution in [0.4, 0.5) is 0 Å². The summed E-state index contributed by atoms with van der Waals surface area (Å²) >= 11 is 0. The van der Waals surface area contributed by atoms with Gasteiger partial charge in [0, 0.05) is 19.1 Å². The van der Waals surface area contributed by atoms with Crippen molar-refractivity contribution in [1.82, 2.24) is 10.2 Å². The first-order chi connectivity index (χ1) is 8.75. The summed E-state index contributed by atoms with van der Waals surface area (Å²) in [5.41, 5.74) is 0.155. The van der Waals surface area contributed by atoms with Crippen molar-refractivity contribution in [1.29, 1.82) is 0 Å². The molecule has 0 radical (unpaired) electrons. The molecule has 1 saturated heterocycles. The van der Waals surface area contributed by atoms with E-state index in [0.717, 1.165) is 4.90 Å². The van der Waals surface area contributed by atoms with Gasteiger partial charge in [-0.15, -0.1) is 0 Å². The van der Waals surface area contributed by atoms with Gasteiger partial charge in [0.1, 0.15) is 6.04 Å². The van der Waals surface area contributed by atoms with E-state index < -0.39 is 29.7 Å². The van der Waals surface area contributed by atoms with Crippen molar-refractivity contribution in [3.63, 3.8) is 0 Å². The molecule has 106 valence electrons. The highest BCUT2D eigenvalue weighted by atomic mass is 16.6. The van der Waals surface area contributed by atoms with E-state index >= 15 is 0 Å². The lowest BCUT2D eigenvalue weighted by Gasteiger charge is -2.29. The fourth-order valence-corrected chi connectivity index (χ4v) is 1.72. The van der Waals surface area contributed by atoms with Gasteiger partial charge in [-0.05, 0) is 6.92 Å². The van der Waals surface area contributed by atoms with E-state index in [-0.39, 0.29) is 18.4 Å². The van der Waals surface area contributed by atoms with Crippen molar-refractivity contribution < 1.29 is 24.2 Å². The first-order valence-electron chi connectivity index (χ1n) is 5.89. The zero-order valence-corrected chi connectivity index (χ0v) is 11.2. The SMILES string of the molecule is C=C1CC(=O)N(C(C)C(=O)NC(O)(CC)OC)C1=O. The summed E-state index contributed by atoms with van der Waals surface area (Å²) in [7, 11) is 1.24. The van der Waals surface area contributed by atoms with Crippen LogP contribution in [0.1, 0.15) is 26.7 Å². The van der Waals surface area contributed by atoms with Gasteiger partial charge in [-0.1, -0.05) is 13.5 Å². The monoisotopic (exact) mass is 270 g/mol. The second kappa shape index (κ2) is 5.50. The number of likely N-dealkylation sites (tertiary alicyclic amines) is 1. The number of imide groups is 1. The lowest BCUT2D eigenvalue weighted by atomic mass is 10.2. The third-order valence-electron chi connectivity index (χ3n) is 3.06. The van der Waals surface area contributed by atoms with Gasteiger partial charge in [-0.3, -0.25) is 19.3 Å². The van der Waals surface area contributed by atoms with Crippen LogP contribution >= 0.6 is 0 Å². The number of carbonyl (C=O) groups excluding carboxylic acids is 3. The predicted octanol–water partition coefficient (Wildman–Crippen LogP) is -0.491. The van der Waals surface area contributed by atoms with Gasteiger partial charge in [-0.2, -0.15) is 0 Å². The summed E-state index contributed by atoms with van der Waals surface area (Å²) in [6.07, 6.45) is 0.0370. The van der Waals surface area contributed by atoms with Gasteiger partial charge in [0.2, 0.25) is 17.7 Å². The third-order valence-corrected chi connectivity index (χ3v) is 3.06. The fraction of sp³-hybridized carbons (Fsp3) is 0.583. The summed E-state index contributed by atoms with van der Waals surface area (Å²) in [5.74, 6) is -3.53. The average Bonchev–Trinajstić information content (AvgIpc) is 2.62. The highest BCUT2D eigenvalue weighted by Gasteiger charge is 2.40. The molecule has 0 bridgehead atoms. The van der Waals surface area contributed by atoms with E-state index in [2.05, 4.69) is 11.9 Å². The Hall–Kier alpha value is -1.73. The summed E-state index contributed by atoms with van der Waals surface area (Å²) in [6.45, 7) is 6.48. The maximum absolute atomic E-state index is 11.9. The van der Waals surface area contributed by atoms with E-state index in [1.165, 1.54) is 14.0 Å². The molecule has 2 atom stereocenters. The van der Waals surface area contributed by atoms with Crippen molar-refractivity contribution >= 4 is 17.7 Å². The minimum atomic E-state index is -1.81. The summed E-state index contributed by atoms with van der Waals surface area (Å²) in [6, 6.07) is -1.03. The largest absolute Gasteiger partial charge is 0.349 e. The number of amides is 3. The van der Waals surface area contributed by atoms with E-state index in [1.807, 2.05) is 0 Å². The first kappa shape index (κ1) is 15.3. The van der Waals surface area contributed by atoms with Crippen LogP contribution in [0.5, 0.6) is 0 Å². The molecule has 0 aromatic heterocycles. The van der Waals surface area contributed by atoms with Crippen molar-refractivity contribution in [2.45, 2.75) is 38.6 Å². The van der Waals surface area contributed by atoms with E-state index in [4.69, 9.17) is 4.74 Å². The number of nitrogens with one attached hydrogen (secondary N) is 1. The molecule has 0 spiro atoms. The molecule has 1 aliphatic rings. The second-order valence-corrected chi connectivity index (χ2v) is 4.36. The van der Waals surface area contributed by atoms with Gasteiger partial charge < -0.3 is 15.2 Å². The Morgan fingerprint density at radius 1 is 1.63 bits per heavy atom. The molecule has 7 nitrogen and oxygen atoms in total. The van der Waals surface area contributed by atoms with Crippen LogP contribution in [0, 0.1) is 0 Å². The highest BCUT2D eigenvalue weighted by Crippen LogP contribution is 2.20. The second-order valence-electron chi connectivity index (χ2n) is 4.36. The lowest BCUT2D eigenvalue weighted by Crippen LogP contribution is -2.56. The van der Waals surface area contributed by atoms with Crippen molar-refractivity contribution in [2.75, 3.05) is 7.11 Å². The van der Waals surface area contributed by atoms with Gasteiger partial charge in [0.05, 0.1) is 6.42 Å². The molecule has 1 heterocycles. The Morgan fingerprint density at radius 2 is 2.21 bits per heavy atom. The minimum Gasteiger partial charge on any atom is -0.349 e. The molecule has 3 amide bonds. The normalized spacial score (nSPS) is 20.4. The smallest absolute Gasteiger partial charge is 0.257 e. The lowest BCUT2D eigenvalue weighted by molar-refractivity contribution is -0.211. The van der Waals surface area contributed by atoms with Gasteiger partial charge in [0.15, 0.2) is 0 Å². The number of rotatable bonds is 5. The maximum Gasteiger partial charge on any atom is 0.257 e. The molecule has 1 rings (SSSR count). The number of methoxy groups -OCH3 is 1. The molecule has 1 aliphatic heterocycles.